The molecular weight excluding hydrogens is 366 g/mol. The van der Waals surface area contributed by atoms with Gasteiger partial charge < -0.3 is 4.57 Å². The summed E-state index contributed by atoms with van der Waals surface area (Å²) in [6, 6.07) is 20.1. The number of para-hydroxylation sites is 2. The second-order valence-corrected chi connectivity index (χ2v) is 6.76. The molecule has 2 aromatic heterocycles. The van der Waals surface area contributed by atoms with Crippen molar-refractivity contribution in [2.24, 2.45) is 12.0 Å². The van der Waals surface area contributed by atoms with Crippen LogP contribution in [0.25, 0.3) is 33.1 Å². The van der Waals surface area contributed by atoms with Gasteiger partial charge in [0.1, 0.15) is 5.52 Å². The van der Waals surface area contributed by atoms with E-state index >= 15 is 0 Å². The lowest BCUT2D eigenvalue weighted by Crippen LogP contribution is -1.91. The van der Waals surface area contributed by atoms with Crippen molar-refractivity contribution < 1.29 is 4.92 Å². The standard InChI is InChI=1S/C22H15N5O2/c1-26-20-10-9-15(23-13-14-5-4-6-16(11-14)27(28)29)12-17(20)21-22(26)25-19-8-3-2-7-18(19)24-21/h2-13H,1H3. The van der Waals surface area contributed by atoms with Gasteiger partial charge in [-0.25, -0.2) is 9.97 Å². The van der Waals surface area contributed by atoms with Crippen LogP contribution < -0.4 is 0 Å². The number of nitro benzene ring substituents is 1. The van der Waals surface area contributed by atoms with Crippen molar-refractivity contribution in [2.75, 3.05) is 0 Å². The molecule has 3 aromatic carbocycles. The van der Waals surface area contributed by atoms with E-state index in [1.165, 1.54) is 12.1 Å². The van der Waals surface area contributed by atoms with Crippen LogP contribution in [-0.4, -0.2) is 25.7 Å². The first-order valence-electron chi connectivity index (χ1n) is 9.03. The van der Waals surface area contributed by atoms with E-state index in [0.29, 0.717) is 5.56 Å². The largest absolute Gasteiger partial charge is 0.327 e. The number of hydrogen-bond donors (Lipinski definition) is 0. The fraction of sp³-hybridized carbons (Fsp3) is 0.0455. The molecule has 0 aliphatic carbocycles. The van der Waals surface area contributed by atoms with Gasteiger partial charge in [-0.3, -0.25) is 15.1 Å². The van der Waals surface area contributed by atoms with Gasteiger partial charge in [0.05, 0.1) is 27.2 Å². The highest BCUT2D eigenvalue weighted by Crippen LogP contribution is 2.30. The summed E-state index contributed by atoms with van der Waals surface area (Å²) in [6.45, 7) is 0. The molecule has 5 aromatic rings. The van der Waals surface area contributed by atoms with Crippen LogP contribution in [0.5, 0.6) is 0 Å². The molecule has 7 nitrogen and oxygen atoms in total. The molecule has 0 spiro atoms. The van der Waals surface area contributed by atoms with E-state index in [-0.39, 0.29) is 5.69 Å². The summed E-state index contributed by atoms with van der Waals surface area (Å²) in [5.41, 5.74) is 5.82. The van der Waals surface area contributed by atoms with E-state index in [0.717, 1.165) is 38.8 Å². The van der Waals surface area contributed by atoms with Crippen molar-refractivity contribution >= 4 is 50.7 Å². The van der Waals surface area contributed by atoms with Crippen molar-refractivity contribution in [3.63, 3.8) is 0 Å². The lowest BCUT2D eigenvalue weighted by atomic mass is 10.2. The van der Waals surface area contributed by atoms with E-state index in [4.69, 9.17) is 9.97 Å². The van der Waals surface area contributed by atoms with Gasteiger partial charge in [0.2, 0.25) is 0 Å². The van der Waals surface area contributed by atoms with Crippen LogP contribution in [0.15, 0.2) is 71.7 Å². The SMILES string of the molecule is Cn1c2ccc(N=Cc3cccc([N+](=O)[O-])c3)cc2c2nc3ccccc3nc21. The summed E-state index contributed by atoms with van der Waals surface area (Å²) >= 11 is 0. The number of hydrogen-bond acceptors (Lipinski definition) is 5. The van der Waals surface area contributed by atoms with Crippen molar-refractivity contribution in [2.45, 2.75) is 0 Å². The van der Waals surface area contributed by atoms with Gasteiger partial charge in [0, 0.05) is 30.8 Å². The minimum atomic E-state index is -0.414. The van der Waals surface area contributed by atoms with Crippen LogP contribution in [0.4, 0.5) is 11.4 Å². The molecule has 0 atom stereocenters. The Morgan fingerprint density at radius 3 is 2.59 bits per heavy atom. The van der Waals surface area contributed by atoms with Gasteiger partial charge in [0.25, 0.3) is 5.69 Å². The van der Waals surface area contributed by atoms with E-state index in [9.17, 15) is 10.1 Å². The Labute approximate surface area is 165 Å². The van der Waals surface area contributed by atoms with Gasteiger partial charge in [-0.05, 0) is 35.9 Å². The molecule has 0 saturated carbocycles. The third-order valence-electron chi connectivity index (χ3n) is 4.91. The molecule has 0 fully saturated rings. The molecule has 2 heterocycles. The van der Waals surface area contributed by atoms with Gasteiger partial charge in [-0.1, -0.05) is 24.3 Å². The average molecular weight is 381 g/mol. The molecule has 0 radical (unpaired) electrons. The molecule has 140 valence electrons. The summed E-state index contributed by atoms with van der Waals surface area (Å²) in [7, 11) is 1.97. The van der Waals surface area contributed by atoms with Gasteiger partial charge in [-0.15, -0.1) is 0 Å². The van der Waals surface area contributed by atoms with Crippen LogP contribution >= 0.6 is 0 Å². The fourth-order valence-corrected chi connectivity index (χ4v) is 3.47. The molecule has 0 aliphatic heterocycles. The first kappa shape index (κ1) is 17.0. The highest BCUT2D eigenvalue weighted by Gasteiger charge is 2.12. The predicted octanol–water partition coefficient (Wildman–Crippen LogP) is 4.93. The lowest BCUT2D eigenvalue weighted by Gasteiger charge is -1.98. The van der Waals surface area contributed by atoms with Crippen LogP contribution in [0.3, 0.4) is 0 Å². The van der Waals surface area contributed by atoms with Crippen LogP contribution in [0.2, 0.25) is 0 Å². The molecule has 0 unspecified atom stereocenters. The number of benzene rings is 3. The minimum absolute atomic E-state index is 0.0422. The molecule has 7 heteroatoms. The van der Waals surface area contributed by atoms with E-state index in [1.54, 1.807) is 18.3 Å². The minimum Gasteiger partial charge on any atom is -0.327 e. The maximum absolute atomic E-state index is 10.9. The van der Waals surface area contributed by atoms with E-state index in [1.807, 2.05) is 54.1 Å². The number of nitrogens with zero attached hydrogens (tertiary/aromatic N) is 5. The number of aliphatic imine (C=N–C) groups is 1. The molecule has 5 rings (SSSR count). The van der Waals surface area contributed by atoms with Crippen LogP contribution in [0, 0.1) is 10.1 Å². The summed E-state index contributed by atoms with van der Waals surface area (Å²) in [6.07, 6.45) is 1.63. The maximum atomic E-state index is 10.9. The Morgan fingerprint density at radius 2 is 1.79 bits per heavy atom. The Balaban J connectivity index is 1.62. The highest BCUT2D eigenvalue weighted by molar-refractivity contribution is 6.07. The van der Waals surface area contributed by atoms with Crippen molar-refractivity contribution in [1.29, 1.82) is 0 Å². The van der Waals surface area contributed by atoms with Crippen molar-refractivity contribution in [3.8, 4) is 0 Å². The monoisotopic (exact) mass is 381 g/mol. The maximum Gasteiger partial charge on any atom is 0.270 e. The average Bonchev–Trinajstić information content (AvgIpc) is 3.02. The van der Waals surface area contributed by atoms with Crippen LogP contribution in [0.1, 0.15) is 5.56 Å². The number of rotatable bonds is 3. The smallest absolute Gasteiger partial charge is 0.270 e. The third-order valence-corrected chi connectivity index (χ3v) is 4.91. The Hall–Kier alpha value is -4.13. The molecule has 0 amide bonds. The normalized spacial score (nSPS) is 11.8. The Morgan fingerprint density at radius 1 is 1.00 bits per heavy atom. The molecule has 29 heavy (non-hydrogen) atoms. The number of non-ortho nitro benzene ring substituents is 1. The zero-order valence-electron chi connectivity index (χ0n) is 15.5. The predicted molar refractivity (Wildman–Crippen MR) is 114 cm³/mol. The molecular formula is C22H15N5O2. The topological polar surface area (TPSA) is 86.2 Å². The molecule has 0 saturated heterocycles. The summed E-state index contributed by atoms with van der Waals surface area (Å²) in [5.74, 6) is 0. The van der Waals surface area contributed by atoms with Gasteiger partial charge in [-0.2, -0.15) is 0 Å². The fourth-order valence-electron chi connectivity index (χ4n) is 3.47. The summed E-state index contributed by atoms with van der Waals surface area (Å²) < 4.78 is 2.03. The number of aromatic nitrogens is 3. The summed E-state index contributed by atoms with van der Waals surface area (Å²) in [4.78, 5) is 24.6. The van der Waals surface area contributed by atoms with Gasteiger partial charge in [0.15, 0.2) is 5.65 Å². The van der Waals surface area contributed by atoms with E-state index < -0.39 is 4.92 Å². The van der Waals surface area contributed by atoms with E-state index in [2.05, 4.69) is 4.99 Å². The Kier molecular flexibility index (Phi) is 3.80. The molecule has 0 N–H and O–H groups in total. The second kappa shape index (κ2) is 6.49. The molecule has 0 aliphatic rings. The zero-order valence-corrected chi connectivity index (χ0v) is 15.5. The van der Waals surface area contributed by atoms with Crippen molar-refractivity contribution in [3.05, 3.63) is 82.4 Å². The first-order chi connectivity index (χ1) is 14.1. The van der Waals surface area contributed by atoms with Gasteiger partial charge >= 0.3 is 0 Å². The second-order valence-electron chi connectivity index (χ2n) is 6.76. The third kappa shape index (κ3) is 2.89. The summed E-state index contributed by atoms with van der Waals surface area (Å²) in [5, 5.41) is 11.9. The number of fused-ring (bicyclic) bond motifs is 4. The number of aryl methyl sites for hydroxylation is 1. The number of nitro groups is 1. The molecule has 0 bridgehead atoms. The zero-order chi connectivity index (χ0) is 20.0. The lowest BCUT2D eigenvalue weighted by molar-refractivity contribution is -0.384. The first-order valence-corrected chi connectivity index (χ1v) is 9.03. The highest BCUT2D eigenvalue weighted by atomic mass is 16.6. The van der Waals surface area contributed by atoms with Crippen LogP contribution in [-0.2, 0) is 7.05 Å². The Bertz CT molecular complexity index is 1450. The van der Waals surface area contributed by atoms with Crippen molar-refractivity contribution in [1.82, 2.24) is 14.5 Å². The quantitative estimate of drug-likeness (QED) is 0.252.